The van der Waals surface area contributed by atoms with E-state index in [9.17, 15) is 26.4 Å². The summed E-state index contributed by atoms with van der Waals surface area (Å²) in [6.45, 7) is 0.531. The van der Waals surface area contributed by atoms with Crippen LogP contribution in [0.3, 0.4) is 0 Å². The van der Waals surface area contributed by atoms with Gasteiger partial charge >= 0.3 is 0 Å². The van der Waals surface area contributed by atoms with Crippen LogP contribution in [0.25, 0.3) is 22.3 Å². The molecule has 0 saturated heterocycles. The van der Waals surface area contributed by atoms with Crippen LogP contribution >= 0.6 is 0 Å². The number of hydrogen-bond donors (Lipinski definition) is 4. The van der Waals surface area contributed by atoms with Crippen molar-refractivity contribution in [2.24, 2.45) is 22.1 Å². The number of nitrogens with two attached hydrogens (primary N) is 2. The molecular formula is C34H36N4O6S2. The molecule has 2 atom stereocenters. The van der Waals surface area contributed by atoms with Crippen LogP contribution in [0.2, 0.25) is 0 Å². The van der Waals surface area contributed by atoms with E-state index in [0.29, 0.717) is 35.1 Å². The Labute approximate surface area is 269 Å². The molecule has 1 fully saturated rings. The van der Waals surface area contributed by atoms with Crippen LogP contribution in [-0.4, -0.2) is 28.6 Å². The molecule has 2 amide bonds. The number of sulfonamides is 2. The second-order valence-electron chi connectivity index (χ2n) is 11.4. The maximum Gasteiger partial charge on any atom is 0.238 e. The molecule has 0 bridgehead atoms. The Kier molecular flexibility index (Phi) is 10.0. The third-order valence-corrected chi connectivity index (χ3v) is 10.2. The van der Waals surface area contributed by atoms with E-state index in [2.05, 4.69) is 10.6 Å². The van der Waals surface area contributed by atoms with Crippen molar-refractivity contribution in [1.29, 1.82) is 0 Å². The number of carbonyl (C=O) groups is 2. The number of benzene rings is 4. The second-order valence-corrected chi connectivity index (χ2v) is 14.5. The van der Waals surface area contributed by atoms with E-state index >= 15 is 0 Å². The van der Waals surface area contributed by atoms with E-state index < -0.39 is 31.9 Å². The molecule has 1 aliphatic carbocycles. The van der Waals surface area contributed by atoms with Gasteiger partial charge in [-0.2, -0.15) is 0 Å². The number of primary sulfonamides is 2. The third kappa shape index (κ3) is 7.88. The van der Waals surface area contributed by atoms with Crippen molar-refractivity contribution in [2.45, 2.75) is 48.6 Å². The SMILES string of the molecule is NS(=O)(=O)c1ccccc1-c1ccc(CNC(=O)[C@@H]2CCCC[C@H]2C(=O)NCc2ccc(-c3ccccc3S(N)(=O)=O)cc2)cc1. The summed E-state index contributed by atoms with van der Waals surface area (Å²) in [4.78, 5) is 26.6. The van der Waals surface area contributed by atoms with Gasteiger partial charge in [-0.1, -0.05) is 97.8 Å². The van der Waals surface area contributed by atoms with Gasteiger partial charge in [-0.15, -0.1) is 0 Å². The molecule has 12 heteroatoms. The van der Waals surface area contributed by atoms with E-state index in [1.54, 1.807) is 60.7 Å². The van der Waals surface area contributed by atoms with Crippen molar-refractivity contribution in [3.8, 4) is 22.3 Å². The quantitative estimate of drug-likeness (QED) is 0.199. The van der Waals surface area contributed by atoms with Crippen molar-refractivity contribution < 1.29 is 26.4 Å². The highest BCUT2D eigenvalue weighted by Crippen LogP contribution is 2.31. The van der Waals surface area contributed by atoms with Gasteiger partial charge in [0.15, 0.2) is 0 Å². The monoisotopic (exact) mass is 660 g/mol. The molecule has 6 N–H and O–H groups in total. The minimum atomic E-state index is -3.89. The van der Waals surface area contributed by atoms with Crippen LogP contribution < -0.4 is 20.9 Å². The predicted molar refractivity (Wildman–Crippen MR) is 176 cm³/mol. The number of rotatable bonds is 10. The average molecular weight is 661 g/mol. The summed E-state index contributed by atoms with van der Waals surface area (Å²) < 4.78 is 48.0. The molecule has 4 aromatic rings. The van der Waals surface area contributed by atoms with Crippen LogP contribution in [-0.2, 0) is 42.7 Å². The molecule has 0 aliphatic heterocycles. The maximum atomic E-state index is 13.3. The zero-order valence-electron chi connectivity index (χ0n) is 25.1. The molecule has 0 unspecified atom stereocenters. The standard InChI is InChI=1S/C34H36N4O6S2/c35-45(41,42)31-11-5-3-7-27(31)25-17-13-23(14-18-25)21-37-33(39)29-9-1-2-10-30(29)34(40)38-22-24-15-19-26(20-16-24)28-8-4-6-12-32(28)46(36,43)44/h3-8,11-20,29-30H,1-2,9-10,21-22H2,(H,37,39)(H,38,40)(H2,35,41,42)(H2,36,43,44)/t29-,30-/m1/s1. The molecular weight excluding hydrogens is 625 g/mol. The molecule has 5 rings (SSSR count). The number of amides is 2. The molecule has 1 aliphatic rings. The third-order valence-electron chi connectivity index (χ3n) is 8.29. The van der Waals surface area contributed by atoms with Gasteiger partial charge < -0.3 is 10.6 Å². The molecule has 0 spiro atoms. The van der Waals surface area contributed by atoms with Gasteiger partial charge in [0, 0.05) is 36.1 Å². The average Bonchev–Trinajstić information content (AvgIpc) is 3.06. The molecule has 10 nitrogen and oxygen atoms in total. The summed E-state index contributed by atoms with van der Waals surface area (Å²) >= 11 is 0. The summed E-state index contributed by atoms with van der Waals surface area (Å²) in [5, 5.41) is 16.7. The lowest BCUT2D eigenvalue weighted by atomic mass is 9.78. The van der Waals surface area contributed by atoms with E-state index in [0.717, 1.165) is 24.0 Å². The molecule has 46 heavy (non-hydrogen) atoms. The van der Waals surface area contributed by atoms with E-state index in [4.69, 9.17) is 10.3 Å². The first-order chi connectivity index (χ1) is 21.9. The van der Waals surface area contributed by atoms with Gasteiger partial charge in [0.25, 0.3) is 0 Å². The highest BCUT2D eigenvalue weighted by molar-refractivity contribution is 7.89. The normalized spacial score (nSPS) is 16.8. The smallest absolute Gasteiger partial charge is 0.238 e. The Bertz CT molecular complexity index is 1800. The minimum Gasteiger partial charge on any atom is -0.352 e. The molecule has 0 heterocycles. The maximum absolute atomic E-state index is 13.3. The van der Waals surface area contributed by atoms with Gasteiger partial charge in [-0.25, -0.2) is 27.1 Å². The summed E-state index contributed by atoms with van der Waals surface area (Å²) in [5.41, 5.74) is 4.03. The Morgan fingerprint density at radius 2 is 0.913 bits per heavy atom. The fraction of sp³-hybridized carbons (Fsp3) is 0.235. The summed E-state index contributed by atoms with van der Waals surface area (Å²) in [7, 11) is -7.78. The topological polar surface area (TPSA) is 179 Å². The van der Waals surface area contributed by atoms with Gasteiger partial charge in [-0.05, 0) is 47.2 Å². The molecule has 4 aromatic carbocycles. The molecule has 0 aromatic heterocycles. The van der Waals surface area contributed by atoms with Crippen molar-refractivity contribution in [1.82, 2.24) is 10.6 Å². The van der Waals surface area contributed by atoms with Crippen LogP contribution in [0.15, 0.2) is 107 Å². The molecule has 1 saturated carbocycles. The summed E-state index contributed by atoms with van der Waals surface area (Å²) in [6, 6.07) is 27.4. The van der Waals surface area contributed by atoms with E-state index in [1.807, 2.05) is 24.3 Å². The summed E-state index contributed by atoms with van der Waals surface area (Å²) in [6.07, 6.45) is 2.96. The van der Waals surface area contributed by atoms with Crippen LogP contribution in [0.1, 0.15) is 36.8 Å². The lowest BCUT2D eigenvalue weighted by molar-refractivity contribution is -0.136. The minimum absolute atomic E-state index is 0.0422. The second kappa shape index (κ2) is 14.0. The van der Waals surface area contributed by atoms with Crippen molar-refractivity contribution in [2.75, 3.05) is 0 Å². The van der Waals surface area contributed by atoms with Crippen molar-refractivity contribution >= 4 is 31.9 Å². The zero-order chi connectivity index (χ0) is 32.9. The Hall–Kier alpha value is -4.36. The van der Waals surface area contributed by atoms with Crippen molar-refractivity contribution in [3.05, 3.63) is 108 Å². The molecule has 240 valence electrons. The summed E-state index contributed by atoms with van der Waals surface area (Å²) in [5.74, 6) is -1.26. The number of hydrogen-bond acceptors (Lipinski definition) is 6. The fourth-order valence-corrected chi connectivity index (χ4v) is 7.43. The fourth-order valence-electron chi connectivity index (χ4n) is 5.91. The van der Waals surface area contributed by atoms with Gasteiger partial charge in [0.05, 0.1) is 9.79 Å². The van der Waals surface area contributed by atoms with Gasteiger partial charge in [0.2, 0.25) is 31.9 Å². The first-order valence-electron chi connectivity index (χ1n) is 14.9. The van der Waals surface area contributed by atoms with E-state index in [-0.39, 0.29) is 34.7 Å². The number of carbonyl (C=O) groups excluding carboxylic acids is 2. The predicted octanol–water partition coefficient (Wildman–Crippen LogP) is 4.05. The van der Waals surface area contributed by atoms with Gasteiger partial charge in [-0.3, -0.25) is 9.59 Å². The highest BCUT2D eigenvalue weighted by Gasteiger charge is 2.35. The Morgan fingerprint density at radius 3 is 1.26 bits per heavy atom. The lowest BCUT2D eigenvalue weighted by Crippen LogP contribution is -2.43. The molecule has 0 radical (unpaired) electrons. The van der Waals surface area contributed by atoms with Gasteiger partial charge in [0.1, 0.15) is 0 Å². The van der Waals surface area contributed by atoms with Crippen LogP contribution in [0, 0.1) is 11.8 Å². The highest BCUT2D eigenvalue weighted by atomic mass is 32.2. The number of nitrogens with one attached hydrogen (secondary N) is 2. The Morgan fingerprint density at radius 1 is 0.565 bits per heavy atom. The van der Waals surface area contributed by atoms with Crippen molar-refractivity contribution in [3.63, 3.8) is 0 Å². The van der Waals surface area contributed by atoms with Crippen LogP contribution in [0.4, 0.5) is 0 Å². The first kappa shape index (κ1) is 33.0. The Balaban J connectivity index is 1.18. The first-order valence-corrected chi connectivity index (χ1v) is 18.0. The van der Waals surface area contributed by atoms with E-state index in [1.165, 1.54) is 12.1 Å². The zero-order valence-corrected chi connectivity index (χ0v) is 26.7. The lowest BCUT2D eigenvalue weighted by Gasteiger charge is -2.29. The largest absolute Gasteiger partial charge is 0.352 e. The van der Waals surface area contributed by atoms with Crippen LogP contribution in [0.5, 0.6) is 0 Å².